The molecule has 1 aromatic carbocycles. The van der Waals surface area contributed by atoms with Gasteiger partial charge in [-0.05, 0) is 59.4 Å². The lowest BCUT2D eigenvalue weighted by Crippen LogP contribution is -2.06. The molecule has 1 aromatic heterocycles. The number of nitrogen functional groups attached to an aromatic ring is 1. The second-order valence-electron chi connectivity index (χ2n) is 5.23. The summed E-state index contributed by atoms with van der Waals surface area (Å²) in [5, 5.41) is 12.0. The van der Waals surface area contributed by atoms with E-state index in [1.165, 1.54) is 6.42 Å². The number of aryl methyl sites for hydroxylation is 1. The highest BCUT2D eigenvalue weighted by Gasteiger charge is 2.33. The van der Waals surface area contributed by atoms with E-state index in [-0.39, 0.29) is 0 Å². The van der Waals surface area contributed by atoms with Gasteiger partial charge in [0.15, 0.2) is 5.82 Å². The fourth-order valence-electron chi connectivity index (χ4n) is 2.33. The van der Waals surface area contributed by atoms with Crippen molar-refractivity contribution in [2.75, 3.05) is 5.73 Å². The summed E-state index contributed by atoms with van der Waals surface area (Å²) in [5.41, 5.74) is 8.70. The van der Waals surface area contributed by atoms with Gasteiger partial charge >= 0.3 is 0 Å². The topological polar surface area (TPSA) is 69.6 Å². The summed E-state index contributed by atoms with van der Waals surface area (Å²) >= 11 is 0. The smallest absolute Gasteiger partial charge is 0.182 e. The number of nitrogens with zero attached hydrogens (tertiary/aromatic N) is 4. The molecule has 5 nitrogen and oxygen atoms in total. The SMILES string of the molecule is Cc1cc(N)ccc1-c1nnnn1CC1CC1C. The number of anilines is 1. The van der Waals surface area contributed by atoms with Crippen LogP contribution in [0.5, 0.6) is 0 Å². The molecule has 1 heterocycles. The molecule has 0 bridgehead atoms. The first-order valence-corrected chi connectivity index (χ1v) is 6.28. The van der Waals surface area contributed by atoms with Crippen LogP contribution in [-0.4, -0.2) is 20.2 Å². The Labute approximate surface area is 106 Å². The number of aromatic nitrogens is 4. The van der Waals surface area contributed by atoms with Crippen molar-refractivity contribution >= 4 is 5.69 Å². The normalized spacial score (nSPS) is 22.1. The summed E-state index contributed by atoms with van der Waals surface area (Å²) in [6, 6.07) is 5.83. The van der Waals surface area contributed by atoms with E-state index in [1.807, 2.05) is 29.8 Å². The third-order valence-electron chi connectivity index (χ3n) is 3.71. The molecular weight excluding hydrogens is 226 g/mol. The molecule has 0 amide bonds. The molecule has 1 aliphatic rings. The van der Waals surface area contributed by atoms with E-state index >= 15 is 0 Å². The molecule has 0 spiro atoms. The van der Waals surface area contributed by atoms with Crippen LogP contribution in [0.15, 0.2) is 18.2 Å². The summed E-state index contributed by atoms with van der Waals surface area (Å²) in [5.74, 6) is 2.36. The molecular formula is C13H17N5. The monoisotopic (exact) mass is 243 g/mol. The van der Waals surface area contributed by atoms with Gasteiger partial charge in [-0.2, -0.15) is 0 Å². The van der Waals surface area contributed by atoms with Crippen LogP contribution in [0.2, 0.25) is 0 Å². The van der Waals surface area contributed by atoms with Gasteiger partial charge in [0.25, 0.3) is 0 Å². The second kappa shape index (κ2) is 4.08. The van der Waals surface area contributed by atoms with Gasteiger partial charge in [-0.3, -0.25) is 0 Å². The number of rotatable bonds is 3. The van der Waals surface area contributed by atoms with Crippen LogP contribution >= 0.6 is 0 Å². The third-order valence-corrected chi connectivity index (χ3v) is 3.71. The van der Waals surface area contributed by atoms with Gasteiger partial charge in [0, 0.05) is 17.8 Å². The summed E-state index contributed by atoms with van der Waals surface area (Å²) in [4.78, 5) is 0. The molecule has 2 aromatic rings. The zero-order valence-corrected chi connectivity index (χ0v) is 10.7. The summed E-state index contributed by atoms with van der Waals surface area (Å²) < 4.78 is 1.91. The van der Waals surface area contributed by atoms with Crippen LogP contribution in [0, 0.1) is 18.8 Å². The minimum Gasteiger partial charge on any atom is -0.399 e. The van der Waals surface area contributed by atoms with E-state index in [4.69, 9.17) is 5.73 Å². The summed E-state index contributed by atoms with van der Waals surface area (Å²) in [6.07, 6.45) is 1.28. The van der Waals surface area contributed by atoms with Crippen LogP contribution in [0.4, 0.5) is 5.69 Å². The molecule has 2 unspecified atom stereocenters. The standard InChI is InChI=1S/C13H17N5/c1-8-5-10(8)7-18-13(15-16-17-18)12-4-3-11(14)6-9(12)2/h3-4,6,8,10H,5,7,14H2,1-2H3. The molecule has 1 aliphatic carbocycles. The van der Waals surface area contributed by atoms with Gasteiger partial charge < -0.3 is 5.73 Å². The number of nitrogens with two attached hydrogens (primary N) is 1. The Morgan fingerprint density at radius 1 is 1.44 bits per heavy atom. The highest BCUT2D eigenvalue weighted by Crippen LogP contribution is 2.39. The average Bonchev–Trinajstić information content (AvgIpc) is 2.83. The van der Waals surface area contributed by atoms with Crippen molar-refractivity contribution in [2.45, 2.75) is 26.8 Å². The Kier molecular flexibility index (Phi) is 2.54. The quantitative estimate of drug-likeness (QED) is 0.836. The fourth-order valence-corrected chi connectivity index (χ4v) is 2.33. The molecule has 3 rings (SSSR count). The molecule has 2 N–H and O–H groups in total. The van der Waals surface area contributed by atoms with E-state index in [2.05, 4.69) is 22.4 Å². The lowest BCUT2D eigenvalue weighted by Gasteiger charge is -2.07. The zero-order valence-electron chi connectivity index (χ0n) is 10.7. The minimum absolute atomic E-state index is 0.723. The molecule has 2 atom stereocenters. The molecule has 5 heteroatoms. The van der Waals surface area contributed by atoms with Crippen molar-refractivity contribution in [2.24, 2.45) is 11.8 Å². The molecule has 18 heavy (non-hydrogen) atoms. The number of hydrogen-bond acceptors (Lipinski definition) is 4. The van der Waals surface area contributed by atoms with Crippen molar-refractivity contribution in [1.29, 1.82) is 0 Å². The molecule has 0 saturated heterocycles. The Morgan fingerprint density at radius 2 is 2.22 bits per heavy atom. The van der Waals surface area contributed by atoms with Crippen LogP contribution in [0.3, 0.4) is 0 Å². The van der Waals surface area contributed by atoms with Crippen LogP contribution in [0.25, 0.3) is 11.4 Å². The molecule has 94 valence electrons. The van der Waals surface area contributed by atoms with Gasteiger partial charge in [0.1, 0.15) is 0 Å². The van der Waals surface area contributed by atoms with Crippen molar-refractivity contribution in [3.63, 3.8) is 0 Å². The molecule has 1 saturated carbocycles. The largest absolute Gasteiger partial charge is 0.399 e. The maximum Gasteiger partial charge on any atom is 0.182 e. The van der Waals surface area contributed by atoms with E-state index < -0.39 is 0 Å². The minimum atomic E-state index is 0.723. The highest BCUT2D eigenvalue weighted by molar-refractivity contribution is 5.63. The maximum atomic E-state index is 5.77. The summed E-state index contributed by atoms with van der Waals surface area (Å²) in [7, 11) is 0. The number of benzene rings is 1. The van der Waals surface area contributed by atoms with Gasteiger partial charge in [0.2, 0.25) is 0 Å². The Morgan fingerprint density at radius 3 is 2.89 bits per heavy atom. The predicted molar refractivity (Wildman–Crippen MR) is 69.7 cm³/mol. The van der Waals surface area contributed by atoms with E-state index in [0.717, 1.165) is 41.0 Å². The molecule has 0 aliphatic heterocycles. The van der Waals surface area contributed by atoms with Gasteiger partial charge in [-0.1, -0.05) is 6.92 Å². The van der Waals surface area contributed by atoms with E-state index in [9.17, 15) is 0 Å². The lowest BCUT2D eigenvalue weighted by molar-refractivity contribution is 0.528. The first-order valence-electron chi connectivity index (χ1n) is 6.28. The van der Waals surface area contributed by atoms with Crippen molar-refractivity contribution < 1.29 is 0 Å². The van der Waals surface area contributed by atoms with Crippen molar-refractivity contribution in [1.82, 2.24) is 20.2 Å². The third kappa shape index (κ3) is 1.96. The lowest BCUT2D eigenvalue weighted by atomic mass is 10.1. The second-order valence-corrected chi connectivity index (χ2v) is 5.23. The Bertz CT molecular complexity index is 575. The fraction of sp³-hybridized carbons (Fsp3) is 0.462. The van der Waals surface area contributed by atoms with Crippen molar-refractivity contribution in [3.05, 3.63) is 23.8 Å². The number of tetrazole rings is 1. The maximum absolute atomic E-state index is 5.77. The Hall–Kier alpha value is -1.91. The first-order chi connectivity index (χ1) is 8.65. The van der Waals surface area contributed by atoms with Crippen LogP contribution in [-0.2, 0) is 6.54 Å². The summed E-state index contributed by atoms with van der Waals surface area (Å²) in [6.45, 7) is 5.21. The first kappa shape index (κ1) is 11.2. The van der Waals surface area contributed by atoms with E-state index in [0.29, 0.717) is 0 Å². The van der Waals surface area contributed by atoms with Crippen LogP contribution in [0.1, 0.15) is 18.9 Å². The van der Waals surface area contributed by atoms with Gasteiger partial charge in [-0.15, -0.1) is 5.10 Å². The van der Waals surface area contributed by atoms with Gasteiger partial charge in [0.05, 0.1) is 0 Å². The van der Waals surface area contributed by atoms with Crippen molar-refractivity contribution in [3.8, 4) is 11.4 Å². The Balaban J connectivity index is 1.93. The molecule has 0 radical (unpaired) electrons. The van der Waals surface area contributed by atoms with E-state index in [1.54, 1.807) is 0 Å². The predicted octanol–water partition coefficient (Wildman–Crippen LogP) is 1.89. The molecule has 1 fully saturated rings. The number of hydrogen-bond donors (Lipinski definition) is 1. The highest BCUT2D eigenvalue weighted by atomic mass is 15.5. The zero-order chi connectivity index (χ0) is 12.7. The van der Waals surface area contributed by atoms with Crippen LogP contribution < -0.4 is 5.73 Å². The van der Waals surface area contributed by atoms with Gasteiger partial charge in [-0.25, -0.2) is 4.68 Å². The average molecular weight is 243 g/mol.